The number of fused-ring (bicyclic) bond motifs is 1. The van der Waals surface area contributed by atoms with Crippen molar-refractivity contribution in [1.82, 2.24) is 0 Å². The Bertz CT molecular complexity index is 706. The summed E-state index contributed by atoms with van der Waals surface area (Å²) < 4.78 is 0. The molecule has 0 amide bonds. The molecule has 2 aliphatic carbocycles. The number of aliphatic hydroxyl groups is 2. The third-order valence-corrected chi connectivity index (χ3v) is 4.83. The second-order valence-corrected chi connectivity index (χ2v) is 6.55. The molecule has 0 spiro atoms. The molecule has 0 radical (unpaired) electrons. The number of rotatable bonds is 5. The van der Waals surface area contributed by atoms with E-state index in [0.29, 0.717) is 19.3 Å². The highest BCUT2D eigenvalue weighted by atomic mass is 16.6. The first-order valence-electron chi connectivity index (χ1n) is 8.36. The summed E-state index contributed by atoms with van der Waals surface area (Å²) in [6, 6.07) is 9.64. The number of hydrogen-bond acceptors (Lipinski definition) is 5. The summed E-state index contributed by atoms with van der Waals surface area (Å²) in [5.41, 5.74) is 1.81. The molecular formula is C19H21NO5. The average Bonchev–Trinajstić information content (AvgIpc) is 2.81. The molecule has 0 saturated heterocycles. The van der Waals surface area contributed by atoms with Gasteiger partial charge in [-0.1, -0.05) is 47.3 Å². The van der Waals surface area contributed by atoms with Crippen LogP contribution >= 0.6 is 0 Å². The lowest BCUT2D eigenvalue weighted by atomic mass is 9.73. The highest BCUT2D eigenvalue weighted by molar-refractivity contribution is 5.93. The topological polar surface area (TPSA) is 99.4 Å². The normalized spacial score (nSPS) is 29.9. The van der Waals surface area contributed by atoms with E-state index in [9.17, 15) is 15.0 Å². The Kier molecular flexibility index (Phi) is 5.37. The summed E-state index contributed by atoms with van der Waals surface area (Å²) in [6.07, 6.45) is 0.418. The van der Waals surface area contributed by atoms with Gasteiger partial charge in [-0.05, 0) is 24.3 Å². The van der Waals surface area contributed by atoms with Gasteiger partial charge in [-0.3, -0.25) is 0 Å². The fraction of sp³-hybridized carbons (Fsp3) is 0.474. The molecule has 5 unspecified atom stereocenters. The summed E-state index contributed by atoms with van der Waals surface area (Å²) in [4.78, 5) is 15.2. The summed E-state index contributed by atoms with van der Waals surface area (Å²) in [6.45, 7) is -0.460. The van der Waals surface area contributed by atoms with Crippen molar-refractivity contribution in [3.05, 3.63) is 35.9 Å². The molecule has 3 N–H and O–H groups in total. The largest absolute Gasteiger partial charge is 0.479 e. The van der Waals surface area contributed by atoms with Crippen LogP contribution in [0.1, 0.15) is 18.4 Å². The van der Waals surface area contributed by atoms with E-state index in [1.54, 1.807) is 0 Å². The zero-order chi connectivity index (χ0) is 17.8. The zero-order valence-electron chi connectivity index (χ0n) is 13.7. The minimum absolute atomic E-state index is 0.0920. The first-order valence-corrected chi connectivity index (χ1v) is 8.36. The van der Waals surface area contributed by atoms with Gasteiger partial charge >= 0.3 is 5.97 Å². The van der Waals surface area contributed by atoms with Gasteiger partial charge in [0.05, 0.1) is 11.8 Å². The van der Waals surface area contributed by atoms with Gasteiger partial charge in [-0.15, -0.1) is 0 Å². The number of aliphatic carboxylic acids is 1. The summed E-state index contributed by atoms with van der Waals surface area (Å²) in [5, 5.41) is 32.8. The number of hydrogen-bond donors (Lipinski definition) is 3. The quantitative estimate of drug-likeness (QED) is 0.549. The van der Waals surface area contributed by atoms with Crippen LogP contribution in [0.5, 0.6) is 0 Å². The average molecular weight is 343 g/mol. The van der Waals surface area contributed by atoms with Gasteiger partial charge in [-0.2, -0.15) is 0 Å². The molecule has 0 aliphatic heterocycles. The molecule has 0 aromatic heterocycles. The Labute approximate surface area is 146 Å². The van der Waals surface area contributed by atoms with E-state index < -0.39 is 24.8 Å². The van der Waals surface area contributed by atoms with Gasteiger partial charge in [0.2, 0.25) is 6.61 Å². The maximum absolute atomic E-state index is 10.4. The molecule has 0 bridgehead atoms. The molecule has 1 aromatic carbocycles. The molecule has 2 fully saturated rings. The number of nitrogens with zero attached hydrogens (tertiary/aromatic N) is 1. The van der Waals surface area contributed by atoms with Crippen molar-refractivity contribution in [3.8, 4) is 11.8 Å². The Balaban J connectivity index is 1.54. The highest BCUT2D eigenvalue weighted by Crippen LogP contribution is 2.47. The van der Waals surface area contributed by atoms with E-state index in [2.05, 4.69) is 17.0 Å². The molecule has 6 nitrogen and oxygen atoms in total. The van der Waals surface area contributed by atoms with Crippen LogP contribution in [0.2, 0.25) is 0 Å². The van der Waals surface area contributed by atoms with Gasteiger partial charge in [0.25, 0.3) is 0 Å². The smallest absolute Gasteiger partial charge is 0.344 e. The van der Waals surface area contributed by atoms with E-state index >= 15 is 0 Å². The van der Waals surface area contributed by atoms with E-state index in [0.717, 1.165) is 11.3 Å². The van der Waals surface area contributed by atoms with Crippen molar-refractivity contribution in [1.29, 1.82) is 0 Å². The van der Waals surface area contributed by atoms with Crippen LogP contribution in [-0.2, 0) is 16.1 Å². The molecule has 132 valence electrons. The maximum atomic E-state index is 10.4. The first-order chi connectivity index (χ1) is 12.0. The number of aliphatic hydroxyl groups excluding tert-OH is 2. The van der Waals surface area contributed by atoms with Crippen LogP contribution in [0.3, 0.4) is 0 Å². The van der Waals surface area contributed by atoms with Gasteiger partial charge in [0.1, 0.15) is 6.10 Å². The summed E-state index contributed by atoms with van der Waals surface area (Å²) in [7, 11) is 0. The number of carboxylic acid groups (broad SMARTS) is 1. The molecule has 2 aliphatic rings. The lowest BCUT2D eigenvalue weighted by molar-refractivity contribution is -0.142. The summed E-state index contributed by atoms with van der Waals surface area (Å²) in [5.74, 6) is 4.77. The molecule has 0 heterocycles. The van der Waals surface area contributed by atoms with Crippen LogP contribution in [0.25, 0.3) is 0 Å². The molecular weight excluding hydrogens is 322 g/mol. The predicted octanol–water partition coefficient (Wildman–Crippen LogP) is 1.07. The number of benzene rings is 1. The van der Waals surface area contributed by atoms with Crippen molar-refractivity contribution in [2.24, 2.45) is 22.9 Å². The van der Waals surface area contributed by atoms with Crippen molar-refractivity contribution in [2.75, 3.05) is 6.61 Å². The lowest BCUT2D eigenvalue weighted by Gasteiger charge is -2.33. The second kappa shape index (κ2) is 7.68. The Morgan fingerprint density at radius 2 is 2.12 bits per heavy atom. The predicted molar refractivity (Wildman–Crippen MR) is 90.7 cm³/mol. The van der Waals surface area contributed by atoms with Gasteiger partial charge < -0.3 is 20.2 Å². The third kappa shape index (κ3) is 4.19. The Morgan fingerprint density at radius 3 is 2.84 bits per heavy atom. The standard InChI is InChI=1S/C19H21NO5/c21-14(8-12-4-2-1-3-5-12)7-6-13-9-15-16(19(13)24)10-17(15)20-25-11-18(22)23/h1-5,13-16,19,21,24H,8-11H2,(H,22,23). The molecule has 25 heavy (non-hydrogen) atoms. The van der Waals surface area contributed by atoms with E-state index in [-0.39, 0.29) is 17.8 Å². The van der Waals surface area contributed by atoms with Crippen LogP contribution in [0.4, 0.5) is 0 Å². The fourth-order valence-electron chi connectivity index (χ4n) is 3.51. The van der Waals surface area contributed by atoms with Gasteiger partial charge in [0, 0.05) is 18.3 Å². The van der Waals surface area contributed by atoms with Crippen LogP contribution in [0, 0.1) is 29.6 Å². The maximum Gasteiger partial charge on any atom is 0.344 e. The number of oxime groups is 1. The second-order valence-electron chi connectivity index (χ2n) is 6.55. The van der Waals surface area contributed by atoms with E-state index in [4.69, 9.17) is 9.94 Å². The molecule has 5 atom stereocenters. The monoisotopic (exact) mass is 343 g/mol. The Hall–Kier alpha value is -2.36. The summed E-state index contributed by atoms with van der Waals surface area (Å²) >= 11 is 0. The minimum Gasteiger partial charge on any atom is -0.479 e. The van der Waals surface area contributed by atoms with Crippen molar-refractivity contribution in [3.63, 3.8) is 0 Å². The van der Waals surface area contributed by atoms with Crippen LogP contribution in [0.15, 0.2) is 35.5 Å². The Morgan fingerprint density at radius 1 is 1.36 bits per heavy atom. The number of carbonyl (C=O) groups is 1. The van der Waals surface area contributed by atoms with E-state index in [1.807, 2.05) is 30.3 Å². The molecule has 3 rings (SSSR count). The first kappa shape index (κ1) is 17.5. The SMILES string of the molecule is O=C(O)CON=C1CC2C1CC(C#CC(O)Cc1ccccc1)C2O. The van der Waals surface area contributed by atoms with Crippen LogP contribution < -0.4 is 0 Å². The van der Waals surface area contributed by atoms with Crippen molar-refractivity contribution in [2.45, 2.75) is 31.5 Å². The third-order valence-electron chi connectivity index (χ3n) is 4.83. The fourth-order valence-corrected chi connectivity index (χ4v) is 3.51. The molecule has 2 saturated carbocycles. The molecule has 6 heteroatoms. The molecule has 1 aromatic rings. The highest BCUT2D eigenvalue weighted by Gasteiger charge is 2.51. The van der Waals surface area contributed by atoms with Crippen LogP contribution in [-0.4, -0.2) is 45.8 Å². The van der Waals surface area contributed by atoms with Gasteiger partial charge in [0.15, 0.2) is 0 Å². The lowest BCUT2D eigenvalue weighted by Crippen LogP contribution is -2.38. The van der Waals surface area contributed by atoms with E-state index in [1.165, 1.54) is 0 Å². The van der Waals surface area contributed by atoms with Crippen molar-refractivity contribution >= 4 is 11.7 Å². The van der Waals surface area contributed by atoms with Gasteiger partial charge in [-0.25, -0.2) is 4.79 Å². The zero-order valence-corrected chi connectivity index (χ0v) is 13.7. The number of carboxylic acids is 1. The van der Waals surface area contributed by atoms with Crippen molar-refractivity contribution < 1.29 is 25.0 Å². The minimum atomic E-state index is -1.07.